The molecule has 2 aromatic carbocycles. The van der Waals surface area contributed by atoms with Gasteiger partial charge in [0.2, 0.25) is 0 Å². The number of rotatable bonds is 3. The van der Waals surface area contributed by atoms with Gasteiger partial charge in [-0.15, -0.1) is 0 Å². The number of carbonyl (C=O) groups is 2. The first-order valence-electron chi connectivity index (χ1n) is 11.9. The molecule has 1 N–H and O–H groups in total. The summed E-state index contributed by atoms with van der Waals surface area (Å²) < 4.78 is 1.78. The number of amides is 2. The van der Waals surface area contributed by atoms with E-state index in [9.17, 15) is 14.4 Å². The van der Waals surface area contributed by atoms with Gasteiger partial charge in [-0.3, -0.25) is 19.0 Å². The van der Waals surface area contributed by atoms with Gasteiger partial charge in [-0.25, -0.2) is 4.98 Å². The Morgan fingerprint density at radius 3 is 2.50 bits per heavy atom. The predicted molar refractivity (Wildman–Crippen MR) is 133 cm³/mol. The molecule has 0 unspecified atom stereocenters. The number of hydrogen-bond donors (Lipinski definition) is 1. The molecule has 7 nitrogen and oxygen atoms in total. The molecule has 2 aliphatic heterocycles. The normalized spacial score (nSPS) is 16.1. The second-order valence-electron chi connectivity index (χ2n) is 9.02. The summed E-state index contributed by atoms with van der Waals surface area (Å²) in [5.41, 5.74) is 1.62. The predicted octanol–water partition coefficient (Wildman–Crippen LogP) is 4.65. The Bertz CT molecular complexity index is 1330. The smallest absolute Gasteiger partial charge is 0.261 e. The molecule has 3 heterocycles. The van der Waals surface area contributed by atoms with Gasteiger partial charge in [0.1, 0.15) is 5.82 Å². The van der Waals surface area contributed by atoms with Gasteiger partial charge in [0.05, 0.1) is 22.2 Å². The number of nitrogens with zero attached hydrogens (tertiary/aromatic N) is 3. The lowest BCUT2D eigenvalue weighted by atomic mass is 10.1. The quantitative estimate of drug-likeness (QED) is 0.593. The molecule has 1 saturated heterocycles. The van der Waals surface area contributed by atoms with Gasteiger partial charge < -0.3 is 10.2 Å². The van der Waals surface area contributed by atoms with E-state index < -0.39 is 0 Å². The van der Waals surface area contributed by atoms with Crippen LogP contribution >= 0.6 is 11.6 Å². The second kappa shape index (κ2) is 9.58. The molecular weight excluding hydrogens is 452 g/mol. The third-order valence-electron chi connectivity index (χ3n) is 6.68. The first kappa shape index (κ1) is 22.6. The van der Waals surface area contributed by atoms with Crippen molar-refractivity contribution in [3.8, 4) is 0 Å². The number of fused-ring (bicyclic) bond motifs is 2. The lowest BCUT2D eigenvalue weighted by Crippen LogP contribution is -2.29. The van der Waals surface area contributed by atoms with Crippen molar-refractivity contribution in [1.29, 1.82) is 0 Å². The molecule has 5 rings (SSSR count). The third-order valence-corrected chi connectivity index (χ3v) is 6.92. The van der Waals surface area contributed by atoms with Crippen molar-refractivity contribution in [2.45, 2.75) is 51.5 Å². The van der Waals surface area contributed by atoms with Gasteiger partial charge in [0.25, 0.3) is 17.4 Å². The monoisotopic (exact) mass is 478 g/mol. The van der Waals surface area contributed by atoms with Crippen molar-refractivity contribution in [2.24, 2.45) is 0 Å². The Hall–Kier alpha value is -3.19. The molecule has 0 bridgehead atoms. The minimum absolute atomic E-state index is 0.0535. The topological polar surface area (TPSA) is 84.3 Å². The van der Waals surface area contributed by atoms with Crippen LogP contribution in [-0.4, -0.2) is 39.4 Å². The first-order valence-corrected chi connectivity index (χ1v) is 12.3. The van der Waals surface area contributed by atoms with Crippen LogP contribution in [0.5, 0.6) is 0 Å². The number of carbonyl (C=O) groups excluding carboxylic acids is 2. The number of nitrogens with one attached hydrogen (secondary N) is 1. The van der Waals surface area contributed by atoms with Crippen LogP contribution in [0.3, 0.4) is 0 Å². The third kappa shape index (κ3) is 4.44. The number of anilines is 1. The molecular formula is C26H27ClN4O3. The molecule has 1 fully saturated rings. The highest BCUT2D eigenvalue weighted by atomic mass is 35.5. The Morgan fingerprint density at radius 2 is 1.68 bits per heavy atom. The van der Waals surface area contributed by atoms with E-state index in [0.29, 0.717) is 52.4 Å². The highest BCUT2D eigenvalue weighted by Crippen LogP contribution is 2.25. The Kier molecular flexibility index (Phi) is 6.37. The molecule has 0 atom stereocenters. The average molecular weight is 479 g/mol. The van der Waals surface area contributed by atoms with Crippen LogP contribution in [0.2, 0.25) is 5.02 Å². The van der Waals surface area contributed by atoms with Crippen LogP contribution in [0.15, 0.2) is 41.2 Å². The van der Waals surface area contributed by atoms with E-state index in [-0.39, 0.29) is 17.4 Å². The fraction of sp³-hybridized carbons (Fsp3) is 0.385. The van der Waals surface area contributed by atoms with Gasteiger partial charge in [0.15, 0.2) is 0 Å². The number of aromatic nitrogens is 2. The summed E-state index contributed by atoms with van der Waals surface area (Å²) in [6.07, 6.45) is 6.94. The van der Waals surface area contributed by atoms with Crippen LogP contribution in [0.25, 0.3) is 10.9 Å². The zero-order valence-electron chi connectivity index (χ0n) is 19.0. The molecule has 2 aliphatic rings. The van der Waals surface area contributed by atoms with E-state index in [1.165, 1.54) is 0 Å². The molecule has 1 aromatic heterocycles. The Labute approximate surface area is 202 Å². The zero-order valence-corrected chi connectivity index (χ0v) is 19.7. The first-order chi connectivity index (χ1) is 16.5. The summed E-state index contributed by atoms with van der Waals surface area (Å²) >= 11 is 6.18. The maximum absolute atomic E-state index is 13.1. The Morgan fingerprint density at radius 1 is 0.912 bits per heavy atom. The van der Waals surface area contributed by atoms with Gasteiger partial charge in [-0.2, -0.15) is 0 Å². The lowest BCUT2D eigenvalue weighted by molar-refractivity contribution is 0.0794. The zero-order chi connectivity index (χ0) is 23.7. The summed E-state index contributed by atoms with van der Waals surface area (Å²) in [7, 11) is 0. The van der Waals surface area contributed by atoms with Crippen LogP contribution in [0, 0.1) is 0 Å². The minimum Gasteiger partial charge on any atom is -0.339 e. The number of likely N-dealkylation sites (tertiary alicyclic amines) is 1. The molecule has 3 aromatic rings. The second-order valence-corrected chi connectivity index (χ2v) is 9.46. The van der Waals surface area contributed by atoms with E-state index in [2.05, 4.69) is 5.32 Å². The molecule has 8 heteroatoms. The number of aryl methyl sites for hydroxylation is 1. The van der Waals surface area contributed by atoms with Crippen molar-refractivity contribution in [3.63, 3.8) is 0 Å². The van der Waals surface area contributed by atoms with Crippen LogP contribution in [0.4, 0.5) is 5.69 Å². The van der Waals surface area contributed by atoms with Crippen LogP contribution < -0.4 is 10.9 Å². The van der Waals surface area contributed by atoms with Crippen molar-refractivity contribution in [2.75, 3.05) is 18.4 Å². The van der Waals surface area contributed by atoms with Gasteiger partial charge in [-0.1, -0.05) is 24.4 Å². The SMILES string of the molecule is O=C(Nc1cc(Cl)ccc1C(=O)N1CCCC1)c1ccc2c(=O)n3c(nc2c1)CCCCCC3. The standard InChI is InChI=1S/C26H27ClN4O3/c27-18-9-11-19(25(33)30-12-5-6-13-30)22(16-18)29-24(32)17-8-10-20-21(15-17)28-23-7-3-1-2-4-14-31(23)26(20)34/h8-11,15-16H,1-7,12-14H2,(H,29,32). The Balaban J connectivity index is 1.46. The van der Waals surface area contributed by atoms with E-state index in [4.69, 9.17) is 16.6 Å². The number of hydrogen-bond acceptors (Lipinski definition) is 4. The largest absolute Gasteiger partial charge is 0.339 e. The highest BCUT2D eigenvalue weighted by Gasteiger charge is 2.23. The highest BCUT2D eigenvalue weighted by molar-refractivity contribution is 6.31. The molecule has 0 spiro atoms. The summed E-state index contributed by atoms with van der Waals surface area (Å²) in [5, 5.41) is 3.79. The number of halogens is 1. The van der Waals surface area contributed by atoms with Crippen molar-refractivity contribution >= 4 is 40.0 Å². The maximum atomic E-state index is 13.1. The van der Waals surface area contributed by atoms with E-state index >= 15 is 0 Å². The van der Waals surface area contributed by atoms with E-state index in [0.717, 1.165) is 50.8 Å². The van der Waals surface area contributed by atoms with Gasteiger partial charge >= 0.3 is 0 Å². The summed E-state index contributed by atoms with van der Waals surface area (Å²) in [5.74, 6) is 0.285. The fourth-order valence-electron chi connectivity index (χ4n) is 4.83. The van der Waals surface area contributed by atoms with E-state index in [1.54, 1.807) is 45.9 Å². The van der Waals surface area contributed by atoms with Crippen LogP contribution in [0.1, 0.15) is 65.1 Å². The minimum atomic E-state index is -0.381. The lowest BCUT2D eigenvalue weighted by Gasteiger charge is -2.18. The summed E-state index contributed by atoms with van der Waals surface area (Å²) in [6, 6.07) is 9.85. The molecule has 176 valence electrons. The molecule has 2 amide bonds. The van der Waals surface area contributed by atoms with E-state index in [1.807, 2.05) is 0 Å². The van der Waals surface area contributed by atoms with Gasteiger partial charge in [0, 0.05) is 36.6 Å². The molecule has 0 aliphatic carbocycles. The van der Waals surface area contributed by atoms with Crippen molar-refractivity contribution in [3.05, 3.63) is 68.7 Å². The molecule has 0 radical (unpaired) electrons. The van der Waals surface area contributed by atoms with Crippen molar-refractivity contribution in [1.82, 2.24) is 14.5 Å². The number of benzene rings is 2. The molecule has 0 saturated carbocycles. The fourth-order valence-corrected chi connectivity index (χ4v) is 5.00. The maximum Gasteiger partial charge on any atom is 0.261 e. The van der Waals surface area contributed by atoms with Crippen LogP contribution in [-0.2, 0) is 13.0 Å². The average Bonchev–Trinajstić information content (AvgIpc) is 3.35. The summed E-state index contributed by atoms with van der Waals surface area (Å²) in [6.45, 7) is 2.11. The molecule has 34 heavy (non-hydrogen) atoms. The summed E-state index contributed by atoms with van der Waals surface area (Å²) in [4.78, 5) is 45.7. The van der Waals surface area contributed by atoms with Gasteiger partial charge in [-0.05, 0) is 62.1 Å². The van der Waals surface area contributed by atoms with Crippen molar-refractivity contribution < 1.29 is 9.59 Å².